The highest BCUT2D eigenvalue weighted by Gasteiger charge is 2.50. The van der Waals surface area contributed by atoms with Crippen LogP contribution in [0.2, 0.25) is 0 Å². The first-order valence-electron chi connectivity index (χ1n) is 8.05. The van der Waals surface area contributed by atoms with Gasteiger partial charge in [0.25, 0.3) is 0 Å². The van der Waals surface area contributed by atoms with Gasteiger partial charge >= 0.3 is 0 Å². The highest BCUT2D eigenvalue weighted by molar-refractivity contribution is 5.07. The molecule has 1 N–H and O–H groups in total. The second kappa shape index (κ2) is 4.71. The molecule has 0 spiro atoms. The minimum atomic E-state index is 0.235. The van der Waals surface area contributed by atoms with E-state index in [9.17, 15) is 0 Å². The summed E-state index contributed by atoms with van der Waals surface area (Å²) < 4.78 is 6.06. The summed E-state index contributed by atoms with van der Waals surface area (Å²) in [6, 6.07) is 0. The molecule has 19 heavy (non-hydrogen) atoms. The monoisotopic (exact) mass is 266 g/mol. The first-order valence-corrected chi connectivity index (χ1v) is 8.05. The Hall–Kier alpha value is -0.120. The van der Waals surface area contributed by atoms with Crippen molar-refractivity contribution in [2.45, 2.75) is 76.7 Å². The van der Waals surface area contributed by atoms with Gasteiger partial charge in [-0.15, -0.1) is 0 Å². The summed E-state index contributed by atoms with van der Waals surface area (Å²) in [5.41, 5.74) is 0.587. The number of piperazine rings is 1. The second-order valence-electron chi connectivity index (χ2n) is 7.90. The predicted molar refractivity (Wildman–Crippen MR) is 78.4 cm³/mol. The van der Waals surface area contributed by atoms with Gasteiger partial charge in [-0.1, -0.05) is 0 Å². The molecule has 2 aliphatic heterocycles. The molecule has 3 fully saturated rings. The molecule has 3 atom stereocenters. The zero-order valence-corrected chi connectivity index (χ0v) is 13.0. The predicted octanol–water partition coefficient (Wildman–Crippen LogP) is 2.41. The van der Waals surface area contributed by atoms with E-state index in [1.807, 2.05) is 0 Å². The Kier molecular flexibility index (Phi) is 3.43. The Morgan fingerprint density at radius 1 is 1.16 bits per heavy atom. The number of rotatable bonds is 3. The van der Waals surface area contributed by atoms with E-state index in [0.717, 1.165) is 25.6 Å². The van der Waals surface area contributed by atoms with Crippen molar-refractivity contribution in [1.29, 1.82) is 0 Å². The van der Waals surface area contributed by atoms with E-state index in [1.165, 1.54) is 25.7 Å². The van der Waals surface area contributed by atoms with Gasteiger partial charge in [-0.25, -0.2) is 0 Å². The normalized spacial score (nSPS) is 43.6. The molecule has 0 aromatic rings. The van der Waals surface area contributed by atoms with Gasteiger partial charge in [0, 0.05) is 30.7 Å². The summed E-state index contributed by atoms with van der Waals surface area (Å²) in [4.78, 5) is 2.74. The number of nitrogens with zero attached hydrogens (tertiary/aromatic N) is 1. The first kappa shape index (κ1) is 13.8. The fourth-order valence-corrected chi connectivity index (χ4v) is 3.89. The van der Waals surface area contributed by atoms with Crippen LogP contribution < -0.4 is 5.32 Å². The fraction of sp³-hybridized carbons (Fsp3) is 1.00. The van der Waals surface area contributed by atoms with Gasteiger partial charge in [0.2, 0.25) is 0 Å². The lowest BCUT2D eigenvalue weighted by atomic mass is 9.85. The van der Waals surface area contributed by atoms with Gasteiger partial charge in [-0.3, -0.25) is 4.90 Å². The van der Waals surface area contributed by atoms with E-state index in [4.69, 9.17) is 4.74 Å². The molecule has 2 heterocycles. The molecule has 0 amide bonds. The molecule has 0 bridgehead atoms. The van der Waals surface area contributed by atoms with Gasteiger partial charge in [0.05, 0.1) is 12.2 Å². The summed E-state index contributed by atoms with van der Waals surface area (Å²) in [7, 11) is 0. The summed E-state index contributed by atoms with van der Waals surface area (Å²) >= 11 is 0. The van der Waals surface area contributed by atoms with E-state index < -0.39 is 0 Å². The fourth-order valence-electron chi connectivity index (χ4n) is 3.89. The molecule has 0 aromatic carbocycles. The van der Waals surface area contributed by atoms with Gasteiger partial charge in [0.1, 0.15) is 0 Å². The van der Waals surface area contributed by atoms with E-state index in [2.05, 4.69) is 37.9 Å². The number of nitrogens with one attached hydrogen (secondary N) is 1. The largest absolute Gasteiger partial charge is 0.374 e. The van der Waals surface area contributed by atoms with Crippen LogP contribution in [0.3, 0.4) is 0 Å². The van der Waals surface area contributed by atoms with Gasteiger partial charge < -0.3 is 10.1 Å². The van der Waals surface area contributed by atoms with Crippen molar-refractivity contribution < 1.29 is 4.74 Å². The Bertz CT molecular complexity index is 340. The molecule has 3 heteroatoms. The van der Waals surface area contributed by atoms with Crippen molar-refractivity contribution in [2.24, 2.45) is 5.92 Å². The van der Waals surface area contributed by atoms with Crippen molar-refractivity contribution in [3.8, 4) is 0 Å². The summed E-state index contributed by atoms with van der Waals surface area (Å²) in [6.07, 6.45) is 6.23. The third-order valence-electron chi connectivity index (χ3n) is 5.43. The van der Waals surface area contributed by atoms with Crippen LogP contribution in [0.1, 0.15) is 53.4 Å². The maximum atomic E-state index is 6.06. The third-order valence-corrected chi connectivity index (χ3v) is 5.43. The highest BCUT2D eigenvalue weighted by Crippen LogP contribution is 2.45. The maximum absolute atomic E-state index is 6.06. The zero-order chi connectivity index (χ0) is 13.7. The van der Waals surface area contributed by atoms with E-state index in [0.29, 0.717) is 17.7 Å². The number of ether oxygens (including phenoxy) is 1. The first-order chi connectivity index (χ1) is 8.89. The quantitative estimate of drug-likeness (QED) is 0.849. The third kappa shape index (κ3) is 2.84. The summed E-state index contributed by atoms with van der Waals surface area (Å²) in [5.74, 6) is 0.898. The zero-order valence-electron chi connectivity index (χ0n) is 13.0. The van der Waals surface area contributed by atoms with Crippen LogP contribution >= 0.6 is 0 Å². The van der Waals surface area contributed by atoms with Crippen LogP contribution in [-0.2, 0) is 4.74 Å². The average molecular weight is 266 g/mol. The van der Waals surface area contributed by atoms with E-state index >= 15 is 0 Å². The number of hydrogen-bond acceptors (Lipinski definition) is 3. The van der Waals surface area contributed by atoms with E-state index in [-0.39, 0.29) is 5.54 Å². The Morgan fingerprint density at radius 3 is 2.47 bits per heavy atom. The van der Waals surface area contributed by atoms with Gasteiger partial charge in [-0.2, -0.15) is 0 Å². The molecular formula is C16H30N2O. The summed E-state index contributed by atoms with van der Waals surface area (Å²) in [6.45, 7) is 12.7. The molecule has 0 radical (unpaired) electrons. The SMILES string of the molecule is CC1CCC(CN2CC(C)(C)NCC2(C)C2CC2)O1. The Balaban J connectivity index is 1.70. The van der Waals surface area contributed by atoms with Crippen LogP contribution in [0.4, 0.5) is 0 Å². The number of hydrogen-bond donors (Lipinski definition) is 1. The maximum Gasteiger partial charge on any atom is 0.0706 e. The van der Waals surface area contributed by atoms with Crippen molar-refractivity contribution in [3.63, 3.8) is 0 Å². The second-order valence-corrected chi connectivity index (χ2v) is 7.90. The summed E-state index contributed by atoms with van der Waals surface area (Å²) in [5, 5.41) is 3.75. The van der Waals surface area contributed by atoms with Crippen LogP contribution in [0.5, 0.6) is 0 Å². The van der Waals surface area contributed by atoms with Crippen LogP contribution in [0.25, 0.3) is 0 Å². The lowest BCUT2D eigenvalue weighted by molar-refractivity contribution is -0.0369. The molecule has 110 valence electrons. The molecule has 1 saturated carbocycles. The molecular weight excluding hydrogens is 236 g/mol. The smallest absolute Gasteiger partial charge is 0.0706 e. The van der Waals surface area contributed by atoms with Crippen molar-refractivity contribution >= 4 is 0 Å². The Morgan fingerprint density at radius 2 is 1.89 bits per heavy atom. The molecule has 0 aromatic heterocycles. The van der Waals surface area contributed by atoms with Gasteiger partial charge in [0.15, 0.2) is 0 Å². The van der Waals surface area contributed by atoms with E-state index in [1.54, 1.807) is 0 Å². The van der Waals surface area contributed by atoms with Crippen molar-refractivity contribution in [3.05, 3.63) is 0 Å². The molecule has 3 aliphatic rings. The van der Waals surface area contributed by atoms with Crippen LogP contribution in [0, 0.1) is 5.92 Å². The molecule has 2 saturated heterocycles. The molecule has 3 rings (SSSR count). The minimum absolute atomic E-state index is 0.235. The van der Waals surface area contributed by atoms with Crippen molar-refractivity contribution in [1.82, 2.24) is 10.2 Å². The topological polar surface area (TPSA) is 24.5 Å². The molecule has 1 aliphatic carbocycles. The molecule has 3 unspecified atom stereocenters. The lowest BCUT2D eigenvalue weighted by Gasteiger charge is -2.52. The van der Waals surface area contributed by atoms with Gasteiger partial charge in [-0.05, 0) is 59.3 Å². The van der Waals surface area contributed by atoms with Crippen LogP contribution in [-0.4, -0.2) is 47.8 Å². The van der Waals surface area contributed by atoms with Crippen molar-refractivity contribution in [2.75, 3.05) is 19.6 Å². The standard InChI is InChI=1S/C16H30N2O/c1-12-5-8-14(19-12)9-18-11-15(2,3)17-10-16(18,4)13-6-7-13/h12-14,17H,5-11H2,1-4H3. The molecule has 3 nitrogen and oxygen atoms in total. The average Bonchev–Trinajstić information content (AvgIpc) is 3.10. The van der Waals surface area contributed by atoms with Crippen LogP contribution in [0.15, 0.2) is 0 Å². The lowest BCUT2D eigenvalue weighted by Crippen LogP contribution is -2.69. The Labute approximate surface area is 118 Å². The highest BCUT2D eigenvalue weighted by atomic mass is 16.5. The minimum Gasteiger partial charge on any atom is -0.374 e.